The summed E-state index contributed by atoms with van der Waals surface area (Å²) >= 11 is 0. The van der Waals surface area contributed by atoms with E-state index in [1.165, 1.54) is 0 Å². The van der Waals surface area contributed by atoms with Crippen molar-refractivity contribution in [3.63, 3.8) is 0 Å². The van der Waals surface area contributed by atoms with Crippen molar-refractivity contribution in [1.82, 2.24) is 4.90 Å². The number of rotatable bonds is 4. The summed E-state index contributed by atoms with van der Waals surface area (Å²) in [6.07, 6.45) is 0.594. The van der Waals surface area contributed by atoms with Crippen LogP contribution in [0.25, 0.3) is 0 Å². The van der Waals surface area contributed by atoms with Gasteiger partial charge in [-0.05, 0) is 51.3 Å². The molecule has 0 bridgehead atoms. The van der Waals surface area contributed by atoms with Gasteiger partial charge in [-0.15, -0.1) is 0 Å². The van der Waals surface area contributed by atoms with Gasteiger partial charge in [-0.3, -0.25) is 0 Å². The summed E-state index contributed by atoms with van der Waals surface area (Å²) in [5.41, 5.74) is 0.631. The number of carboxylic acid groups (broad SMARTS) is 1. The molecule has 1 fully saturated rings. The molecule has 6 heteroatoms. The maximum Gasteiger partial charge on any atom is 0.410 e. The van der Waals surface area contributed by atoms with Crippen molar-refractivity contribution in [1.29, 1.82) is 0 Å². The lowest BCUT2D eigenvalue weighted by atomic mass is 9.99. The fraction of sp³-hybridized carbons (Fsp3) is 0.600. The van der Waals surface area contributed by atoms with Crippen molar-refractivity contribution < 1.29 is 19.4 Å². The highest BCUT2D eigenvalue weighted by Gasteiger charge is 2.33. The fourth-order valence-electron chi connectivity index (χ4n) is 3.23. The highest BCUT2D eigenvalue weighted by molar-refractivity contribution is 5.88. The summed E-state index contributed by atoms with van der Waals surface area (Å²) in [7, 11) is 0. The molecule has 1 aliphatic heterocycles. The van der Waals surface area contributed by atoms with Crippen molar-refractivity contribution in [2.45, 2.75) is 52.7 Å². The van der Waals surface area contributed by atoms with Gasteiger partial charge in [-0.2, -0.15) is 0 Å². The molecule has 144 valence electrons. The SMILES string of the molecule is CC(C)C[C@H]1CN(c2cccc(C(=O)O)c2)CCN1C(=O)OC(C)(C)C. The van der Waals surface area contributed by atoms with E-state index in [9.17, 15) is 14.7 Å². The molecule has 1 atom stereocenters. The molecule has 0 aliphatic carbocycles. The summed E-state index contributed by atoms with van der Waals surface area (Å²) in [6, 6.07) is 7.00. The van der Waals surface area contributed by atoms with Crippen LogP contribution in [0.15, 0.2) is 24.3 Å². The van der Waals surface area contributed by atoms with E-state index in [2.05, 4.69) is 18.7 Å². The topological polar surface area (TPSA) is 70.1 Å². The van der Waals surface area contributed by atoms with Crippen molar-refractivity contribution >= 4 is 17.7 Å². The average Bonchev–Trinajstić information content (AvgIpc) is 2.52. The van der Waals surface area contributed by atoms with E-state index in [0.717, 1.165) is 12.1 Å². The van der Waals surface area contributed by atoms with Crippen molar-refractivity contribution in [2.75, 3.05) is 24.5 Å². The Balaban J connectivity index is 2.17. The number of carboxylic acids is 1. The minimum atomic E-state index is -0.932. The van der Waals surface area contributed by atoms with Gasteiger partial charge in [0.05, 0.1) is 11.6 Å². The standard InChI is InChI=1S/C20H30N2O4/c1-14(2)11-17-13-21(16-8-6-7-15(12-16)18(23)24)9-10-22(17)19(25)26-20(3,4)5/h6-8,12,14,17H,9-11,13H2,1-5H3,(H,23,24)/t17-/m0/s1. The van der Waals surface area contributed by atoms with E-state index in [1.807, 2.05) is 31.7 Å². The number of hydrogen-bond acceptors (Lipinski definition) is 4. The third-order valence-electron chi connectivity index (χ3n) is 4.31. The lowest BCUT2D eigenvalue weighted by Crippen LogP contribution is -2.56. The largest absolute Gasteiger partial charge is 0.478 e. The number of nitrogens with zero attached hydrogens (tertiary/aromatic N) is 2. The smallest absolute Gasteiger partial charge is 0.410 e. The van der Waals surface area contributed by atoms with Gasteiger partial charge in [0, 0.05) is 25.3 Å². The average molecular weight is 362 g/mol. The fourth-order valence-corrected chi connectivity index (χ4v) is 3.23. The van der Waals surface area contributed by atoms with Crippen molar-refractivity contribution in [3.05, 3.63) is 29.8 Å². The summed E-state index contributed by atoms with van der Waals surface area (Å²) in [5, 5.41) is 9.21. The van der Waals surface area contributed by atoms with Gasteiger partial charge in [0.1, 0.15) is 5.60 Å². The van der Waals surface area contributed by atoms with Crippen LogP contribution in [0.2, 0.25) is 0 Å². The normalized spacial score (nSPS) is 18.2. The molecule has 1 heterocycles. The molecule has 0 radical (unpaired) electrons. The Morgan fingerprint density at radius 2 is 1.96 bits per heavy atom. The number of anilines is 1. The Kier molecular flexibility index (Phi) is 6.16. The third-order valence-corrected chi connectivity index (χ3v) is 4.31. The molecular formula is C20H30N2O4. The summed E-state index contributed by atoms with van der Waals surface area (Å²) in [5.74, 6) is -0.492. The first-order valence-electron chi connectivity index (χ1n) is 9.15. The van der Waals surface area contributed by atoms with Crippen LogP contribution < -0.4 is 4.90 Å². The second kappa shape index (κ2) is 7.98. The molecule has 2 rings (SSSR count). The van der Waals surface area contributed by atoms with E-state index >= 15 is 0 Å². The monoisotopic (exact) mass is 362 g/mol. The molecule has 1 N–H and O–H groups in total. The number of benzene rings is 1. The molecule has 1 aliphatic rings. The second-order valence-corrected chi connectivity index (χ2v) is 8.26. The Labute approximate surface area is 155 Å². The Hall–Kier alpha value is -2.24. The van der Waals surface area contributed by atoms with Crippen LogP contribution >= 0.6 is 0 Å². The number of hydrogen-bond donors (Lipinski definition) is 1. The molecule has 1 saturated heterocycles. The third kappa shape index (κ3) is 5.38. The predicted octanol–water partition coefficient (Wildman–Crippen LogP) is 3.86. The van der Waals surface area contributed by atoms with Crippen LogP contribution in [-0.2, 0) is 4.74 Å². The summed E-state index contributed by atoms with van der Waals surface area (Å²) in [4.78, 5) is 27.8. The van der Waals surface area contributed by atoms with E-state index < -0.39 is 11.6 Å². The molecule has 0 unspecified atom stereocenters. The number of aromatic carboxylic acids is 1. The van der Waals surface area contributed by atoms with E-state index in [1.54, 1.807) is 18.2 Å². The molecule has 6 nitrogen and oxygen atoms in total. The maximum atomic E-state index is 12.6. The van der Waals surface area contributed by atoms with Crippen LogP contribution in [0.3, 0.4) is 0 Å². The number of ether oxygens (including phenoxy) is 1. The summed E-state index contributed by atoms with van der Waals surface area (Å²) < 4.78 is 5.57. The first-order chi connectivity index (χ1) is 12.1. The zero-order valence-corrected chi connectivity index (χ0v) is 16.4. The van der Waals surface area contributed by atoms with Crippen LogP contribution in [0.5, 0.6) is 0 Å². The first-order valence-corrected chi connectivity index (χ1v) is 9.15. The van der Waals surface area contributed by atoms with Gasteiger partial charge in [0.2, 0.25) is 0 Å². The molecular weight excluding hydrogens is 332 g/mol. The molecule has 1 aromatic carbocycles. The highest BCUT2D eigenvalue weighted by atomic mass is 16.6. The first kappa shape index (κ1) is 20.1. The van der Waals surface area contributed by atoms with Crippen molar-refractivity contribution in [2.24, 2.45) is 5.92 Å². The predicted molar refractivity (Wildman–Crippen MR) is 102 cm³/mol. The molecule has 0 saturated carbocycles. The second-order valence-electron chi connectivity index (χ2n) is 8.26. The van der Waals surface area contributed by atoms with Gasteiger partial charge in [-0.25, -0.2) is 9.59 Å². The number of carbonyl (C=O) groups is 2. The number of amides is 1. The lowest BCUT2D eigenvalue weighted by Gasteiger charge is -2.43. The zero-order valence-electron chi connectivity index (χ0n) is 16.4. The minimum Gasteiger partial charge on any atom is -0.478 e. The van der Waals surface area contributed by atoms with Gasteiger partial charge >= 0.3 is 12.1 Å². The zero-order chi connectivity index (χ0) is 19.5. The quantitative estimate of drug-likeness (QED) is 0.881. The highest BCUT2D eigenvalue weighted by Crippen LogP contribution is 2.25. The molecule has 1 amide bonds. The number of piperazine rings is 1. The lowest BCUT2D eigenvalue weighted by molar-refractivity contribution is 0.0120. The Bertz CT molecular complexity index is 651. The maximum absolute atomic E-state index is 12.6. The van der Waals surface area contributed by atoms with Gasteiger partial charge < -0.3 is 19.6 Å². The summed E-state index contributed by atoms with van der Waals surface area (Å²) in [6.45, 7) is 11.8. The molecule has 0 spiro atoms. The van der Waals surface area contributed by atoms with E-state index in [4.69, 9.17) is 4.74 Å². The van der Waals surface area contributed by atoms with Crippen LogP contribution in [-0.4, -0.2) is 53.3 Å². The molecule has 26 heavy (non-hydrogen) atoms. The van der Waals surface area contributed by atoms with Gasteiger partial charge in [0.15, 0.2) is 0 Å². The van der Waals surface area contributed by atoms with E-state index in [0.29, 0.717) is 25.6 Å². The molecule has 1 aromatic rings. The van der Waals surface area contributed by atoms with Crippen LogP contribution in [0.1, 0.15) is 51.4 Å². The van der Waals surface area contributed by atoms with Crippen LogP contribution in [0, 0.1) is 5.92 Å². The number of carbonyl (C=O) groups excluding carboxylic acids is 1. The van der Waals surface area contributed by atoms with Gasteiger partial charge in [-0.1, -0.05) is 19.9 Å². The van der Waals surface area contributed by atoms with E-state index in [-0.39, 0.29) is 17.7 Å². The Morgan fingerprint density at radius 3 is 2.54 bits per heavy atom. The molecule has 0 aromatic heterocycles. The van der Waals surface area contributed by atoms with Gasteiger partial charge in [0.25, 0.3) is 0 Å². The Morgan fingerprint density at radius 1 is 1.27 bits per heavy atom. The van der Waals surface area contributed by atoms with Crippen LogP contribution in [0.4, 0.5) is 10.5 Å². The minimum absolute atomic E-state index is 0.0343. The van der Waals surface area contributed by atoms with Crippen molar-refractivity contribution in [3.8, 4) is 0 Å².